The third-order valence-electron chi connectivity index (χ3n) is 4.07. The van der Waals surface area contributed by atoms with Gasteiger partial charge in [-0.2, -0.15) is 0 Å². The van der Waals surface area contributed by atoms with Gasteiger partial charge in [0.15, 0.2) is 0 Å². The van der Waals surface area contributed by atoms with Crippen LogP contribution in [0, 0.1) is 5.82 Å². The number of halogens is 2. The van der Waals surface area contributed by atoms with Crippen LogP contribution in [0.5, 0.6) is 0 Å². The van der Waals surface area contributed by atoms with Gasteiger partial charge in [-0.05, 0) is 44.9 Å². The summed E-state index contributed by atoms with van der Waals surface area (Å²) in [6.45, 7) is 6.91. The Bertz CT molecular complexity index is 421. The number of hydrogen-bond acceptors (Lipinski definition) is 2. The fraction of sp³-hybridized carbons (Fsp3) is 0.625. The summed E-state index contributed by atoms with van der Waals surface area (Å²) < 4.78 is 19.6. The van der Waals surface area contributed by atoms with E-state index in [1.54, 1.807) is 6.07 Å². The highest BCUT2D eigenvalue weighted by Crippen LogP contribution is 2.29. The lowest BCUT2D eigenvalue weighted by atomic mass is 9.84. The molecule has 20 heavy (non-hydrogen) atoms. The van der Waals surface area contributed by atoms with Crippen molar-refractivity contribution >= 4 is 11.6 Å². The minimum Gasteiger partial charge on any atom is -0.374 e. The molecule has 0 bridgehead atoms. The Hall–Kier alpha value is -0.640. The Balaban J connectivity index is 3.03. The molecular weight excluding hydrogens is 277 g/mol. The van der Waals surface area contributed by atoms with Gasteiger partial charge < -0.3 is 10.1 Å². The molecule has 0 saturated carbocycles. The largest absolute Gasteiger partial charge is 0.374 e. The number of ether oxygens (including phenoxy) is 1. The molecule has 0 aromatic heterocycles. The van der Waals surface area contributed by atoms with Crippen LogP contribution >= 0.6 is 11.6 Å². The Kier molecular flexibility index (Phi) is 6.93. The van der Waals surface area contributed by atoms with Crippen LogP contribution in [0.25, 0.3) is 0 Å². The van der Waals surface area contributed by atoms with E-state index in [1.165, 1.54) is 6.07 Å². The maximum atomic E-state index is 13.6. The highest BCUT2D eigenvalue weighted by Gasteiger charge is 2.35. The first-order chi connectivity index (χ1) is 9.54. The monoisotopic (exact) mass is 301 g/mol. The van der Waals surface area contributed by atoms with Crippen molar-refractivity contribution in [2.45, 2.75) is 51.7 Å². The van der Waals surface area contributed by atoms with E-state index in [0.29, 0.717) is 13.0 Å². The molecule has 4 heteroatoms. The van der Waals surface area contributed by atoms with Crippen molar-refractivity contribution in [3.8, 4) is 0 Å². The predicted octanol–water partition coefficient (Wildman–Crippen LogP) is 4.20. The fourth-order valence-corrected chi connectivity index (χ4v) is 3.02. The molecule has 0 aliphatic rings. The van der Waals surface area contributed by atoms with E-state index >= 15 is 0 Å². The number of nitrogens with one attached hydrogen (secondary N) is 1. The van der Waals surface area contributed by atoms with Crippen LogP contribution in [0.3, 0.4) is 0 Å². The molecule has 0 heterocycles. The SMILES string of the molecule is CCOC(CC)(CC)C(Cc1cccc(F)c1Cl)NC. The molecule has 1 aromatic carbocycles. The molecule has 2 nitrogen and oxygen atoms in total. The summed E-state index contributed by atoms with van der Waals surface area (Å²) in [5, 5.41) is 3.53. The molecule has 0 aliphatic heterocycles. The van der Waals surface area contributed by atoms with Gasteiger partial charge in [-0.1, -0.05) is 37.6 Å². The summed E-state index contributed by atoms with van der Waals surface area (Å²) in [4.78, 5) is 0. The van der Waals surface area contributed by atoms with Gasteiger partial charge in [0.25, 0.3) is 0 Å². The normalized spacial score (nSPS) is 13.5. The Labute approximate surface area is 126 Å². The van der Waals surface area contributed by atoms with E-state index in [1.807, 2.05) is 20.0 Å². The average molecular weight is 302 g/mol. The highest BCUT2D eigenvalue weighted by atomic mass is 35.5. The van der Waals surface area contributed by atoms with E-state index < -0.39 is 0 Å². The lowest BCUT2D eigenvalue weighted by Gasteiger charge is -2.39. The van der Waals surface area contributed by atoms with Crippen molar-refractivity contribution in [1.29, 1.82) is 0 Å². The first-order valence-electron chi connectivity index (χ1n) is 7.28. The van der Waals surface area contributed by atoms with Crippen molar-refractivity contribution < 1.29 is 9.13 Å². The van der Waals surface area contributed by atoms with Crippen LogP contribution in [0.4, 0.5) is 4.39 Å². The third-order valence-corrected chi connectivity index (χ3v) is 4.49. The summed E-state index contributed by atoms with van der Waals surface area (Å²) in [6.07, 6.45) is 2.44. The van der Waals surface area contributed by atoms with Gasteiger partial charge >= 0.3 is 0 Å². The molecule has 1 atom stereocenters. The molecule has 1 N–H and O–H groups in total. The van der Waals surface area contributed by atoms with Crippen molar-refractivity contribution in [3.63, 3.8) is 0 Å². The van der Waals surface area contributed by atoms with Crippen molar-refractivity contribution in [2.24, 2.45) is 0 Å². The molecule has 1 aromatic rings. The van der Waals surface area contributed by atoms with E-state index in [0.717, 1.165) is 18.4 Å². The predicted molar refractivity (Wildman–Crippen MR) is 82.9 cm³/mol. The zero-order valence-electron chi connectivity index (χ0n) is 12.8. The zero-order chi connectivity index (χ0) is 15.2. The Morgan fingerprint density at radius 3 is 2.45 bits per heavy atom. The first kappa shape index (κ1) is 17.4. The van der Waals surface area contributed by atoms with Crippen LogP contribution in [-0.2, 0) is 11.2 Å². The van der Waals surface area contributed by atoms with E-state index in [-0.39, 0.29) is 22.5 Å². The van der Waals surface area contributed by atoms with E-state index in [2.05, 4.69) is 19.2 Å². The van der Waals surface area contributed by atoms with Gasteiger partial charge in [0, 0.05) is 12.6 Å². The maximum Gasteiger partial charge on any atom is 0.142 e. The van der Waals surface area contributed by atoms with Gasteiger partial charge in [-0.25, -0.2) is 4.39 Å². The molecule has 114 valence electrons. The van der Waals surface area contributed by atoms with Crippen LogP contribution in [0.1, 0.15) is 39.2 Å². The fourth-order valence-electron chi connectivity index (χ4n) is 2.81. The molecule has 0 aliphatic carbocycles. The number of rotatable bonds is 8. The molecule has 0 fully saturated rings. The van der Waals surface area contributed by atoms with Crippen molar-refractivity contribution in [3.05, 3.63) is 34.6 Å². The summed E-state index contributed by atoms with van der Waals surface area (Å²) in [5.74, 6) is -0.367. The van der Waals surface area contributed by atoms with Gasteiger partial charge in [0.2, 0.25) is 0 Å². The van der Waals surface area contributed by atoms with Gasteiger partial charge in [0.05, 0.1) is 10.6 Å². The molecule has 0 spiro atoms. The second kappa shape index (κ2) is 7.96. The maximum absolute atomic E-state index is 13.6. The molecule has 0 amide bonds. The van der Waals surface area contributed by atoms with E-state index in [4.69, 9.17) is 16.3 Å². The zero-order valence-corrected chi connectivity index (χ0v) is 13.6. The second-order valence-corrected chi connectivity index (χ2v) is 5.34. The van der Waals surface area contributed by atoms with Gasteiger partial charge in [-0.15, -0.1) is 0 Å². The highest BCUT2D eigenvalue weighted by molar-refractivity contribution is 6.31. The Morgan fingerprint density at radius 1 is 1.30 bits per heavy atom. The smallest absolute Gasteiger partial charge is 0.142 e. The number of likely N-dealkylation sites (N-methyl/N-ethyl adjacent to an activating group) is 1. The summed E-state index contributed by atoms with van der Waals surface area (Å²) >= 11 is 6.06. The minimum absolute atomic E-state index is 0.0942. The molecular formula is C16H25ClFNO. The van der Waals surface area contributed by atoms with Gasteiger partial charge in [-0.3, -0.25) is 0 Å². The molecule has 1 unspecified atom stereocenters. The van der Waals surface area contributed by atoms with Crippen LogP contribution < -0.4 is 5.32 Å². The standard InChI is InChI=1S/C16H25ClFNO/c1-5-16(6-2,20-7-3)14(19-4)11-12-9-8-10-13(18)15(12)17/h8-10,14,19H,5-7,11H2,1-4H3. The first-order valence-corrected chi connectivity index (χ1v) is 7.66. The molecule has 1 rings (SSSR count). The summed E-state index contributed by atoms with van der Waals surface area (Å²) in [6, 6.07) is 5.05. The minimum atomic E-state index is -0.367. The quantitative estimate of drug-likeness (QED) is 0.777. The van der Waals surface area contributed by atoms with Crippen LogP contribution in [0.15, 0.2) is 18.2 Å². The topological polar surface area (TPSA) is 21.3 Å². The average Bonchev–Trinajstić information content (AvgIpc) is 2.47. The summed E-state index contributed by atoms with van der Waals surface area (Å²) in [5.41, 5.74) is 0.566. The van der Waals surface area contributed by atoms with Crippen molar-refractivity contribution in [2.75, 3.05) is 13.7 Å². The number of hydrogen-bond donors (Lipinski definition) is 1. The molecule has 0 saturated heterocycles. The summed E-state index contributed by atoms with van der Waals surface area (Å²) in [7, 11) is 1.91. The van der Waals surface area contributed by atoms with Crippen LogP contribution in [-0.4, -0.2) is 25.3 Å². The lowest BCUT2D eigenvalue weighted by Crippen LogP contribution is -2.52. The van der Waals surface area contributed by atoms with E-state index in [9.17, 15) is 4.39 Å². The number of benzene rings is 1. The Morgan fingerprint density at radius 2 is 1.95 bits per heavy atom. The van der Waals surface area contributed by atoms with Crippen molar-refractivity contribution in [1.82, 2.24) is 5.32 Å². The molecule has 0 radical (unpaired) electrons. The second-order valence-electron chi connectivity index (χ2n) is 4.96. The van der Waals surface area contributed by atoms with Gasteiger partial charge in [0.1, 0.15) is 5.82 Å². The van der Waals surface area contributed by atoms with Crippen LogP contribution in [0.2, 0.25) is 5.02 Å². The third kappa shape index (κ3) is 3.72. The lowest BCUT2D eigenvalue weighted by molar-refractivity contribution is -0.0703.